The summed E-state index contributed by atoms with van der Waals surface area (Å²) in [4.78, 5) is 12.3. The van der Waals surface area contributed by atoms with E-state index in [2.05, 4.69) is 22.4 Å². The first-order chi connectivity index (χ1) is 13.1. The molecule has 2 aromatic heterocycles. The number of hydrogen-bond acceptors (Lipinski definition) is 5. The standard InChI is InChI=1S/C20H24N4O2S/c1-13-7-3-5-9-15(13)21-18(25)12-27-20-23-22-19(24(20)2)17-11-14-8-4-6-10-16(14)26-17/h4,6,8,10-11,13,15H,3,5,7,9,12H2,1-2H3,(H,21,25)/t13-,15-/m1/s1. The highest BCUT2D eigenvalue weighted by Gasteiger charge is 2.23. The predicted octanol–water partition coefficient (Wildman–Crippen LogP) is 4.02. The Morgan fingerprint density at radius 1 is 1.30 bits per heavy atom. The lowest BCUT2D eigenvalue weighted by molar-refractivity contribution is -0.119. The van der Waals surface area contributed by atoms with Crippen molar-refractivity contribution in [1.29, 1.82) is 0 Å². The fourth-order valence-corrected chi connectivity index (χ4v) is 4.38. The number of para-hydroxylation sites is 1. The molecule has 1 amide bonds. The Hall–Kier alpha value is -2.28. The number of aromatic nitrogens is 3. The van der Waals surface area contributed by atoms with Crippen LogP contribution in [0.2, 0.25) is 0 Å². The Morgan fingerprint density at radius 3 is 2.93 bits per heavy atom. The van der Waals surface area contributed by atoms with E-state index in [1.807, 2.05) is 41.9 Å². The number of furan rings is 1. The van der Waals surface area contributed by atoms with E-state index < -0.39 is 0 Å². The summed E-state index contributed by atoms with van der Waals surface area (Å²) in [6.07, 6.45) is 4.75. The Kier molecular flexibility index (Phi) is 5.20. The zero-order valence-corrected chi connectivity index (χ0v) is 16.5. The van der Waals surface area contributed by atoms with Crippen molar-refractivity contribution in [3.8, 4) is 11.6 Å². The Morgan fingerprint density at radius 2 is 2.11 bits per heavy atom. The number of fused-ring (bicyclic) bond motifs is 1. The number of benzene rings is 1. The molecule has 0 unspecified atom stereocenters. The Bertz CT molecular complexity index is 916. The van der Waals surface area contributed by atoms with E-state index in [-0.39, 0.29) is 5.91 Å². The van der Waals surface area contributed by atoms with Crippen LogP contribution in [0.4, 0.5) is 0 Å². The van der Waals surface area contributed by atoms with E-state index in [0.29, 0.717) is 34.5 Å². The van der Waals surface area contributed by atoms with E-state index in [1.54, 1.807) is 0 Å². The van der Waals surface area contributed by atoms with Crippen LogP contribution in [0.5, 0.6) is 0 Å². The molecule has 27 heavy (non-hydrogen) atoms. The summed E-state index contributed by atoms with van der Waals surface area (Å²) < 4.78 is 7.75. The van der Waals surface area contributed by atoms with Gasteiger partial charge in [0, 0.05) is 18.5 Å². The van der Waals surface area contributed by atoms with Crippen molar-refractivity contribution in [3.05, 3.63) is 30.3 Å². The first-order valence-electron chi connectivity index (χ1n) is 9.42. The van der Waals surface area contributed by atoms with Gasteiger partial charge in [0.1, 0.15) is 5.58 Å². The molecule has 3 aromatic rings. The number of nitrogens with one attached hydrogen (secondary N) is 1. The van der Waals surface area contributed by atoms with Crippen molar-refractivity contribution < 1.29 is 9.21 Å². The van der Waals surface area contributed by atoms with Crippen molar-refractivity contribution in [2.24, 2.45) is 13.0 Å². The van der Waals surface area contributed by atoms with Crippen LogP contribution in [0.15, 0.2) is 39.9 Å². The summed E-state index contributed by atoms with van der Waals surface area (Å²) in [5, 5.41) is 13.4. The normalized spacial score (nSPS) is 20.1. The van der Waals surface area contributed by atoms with Crippen molar-refractivity contribution in [2.45, 2.75) is 43.8 Å². The Balaban J connectivity index is 1.41. The third-order valence-electron chi connectivity index (χ3n) is 5.27. The molecule has 1 aromatic carbocycles. The number of carbonyl (C=O) groups excluding carboxylic acids is 1. The predicted molar refractivity (Wildman–Crippen MR) is 106 cm³/mol. The fraction of sp³-hybridized carbons (Fsp3) is 0.450. The van der Waals surface area contributed by atoms with Gasteiger partial charge in [0.15, 0.2) is 16.7 Å². The summed E-state index contributed by atoms with van der Waals surface area (Å²) in [5.74, 6) is 2.30. The number of thioether (sulfide) groups is 1. The quantitative estimate of drug-likeness (QED) is 0.673. The van der Waals surface area contributed by atoms with Gasteiger partial charge in [0.25, 0.3) is 0 Å². The molecule has 1 aliphatic carbocycles. The molecule has 0 spiro atoms. The lowest BCUT2D eigenvalue weighted by atomic mass is 9.86. The first-order valence-corrected chi connectivity index (χ1v) is 10.4. The monoisotopic (exact) mass is 384 g/mol. The number of hydrogen-bond donors (Lipinski definition) is 1. The second kappa shape index (κ2) is 7.76. The molecule has 2 heterocycles. The van der Waals surface area contributed by atoms with Gasteiger partial charge < -0.3 is 14.3 Å². The first kappa shape index (κ1) is 18.1. The van der Waals surface area contributed by atoms with Crippen LogP contribution < -0.4 is 5.32 Å². The van der Waals surface area contributed by atoms with Crippen LogP contribution in [0.25, 0.3) is 22.6 Å². The van der Waals surface area contributed by atoms with Crippen LogP contribution >= 0.6 is 11.8 Å². The summed E-state index contributed by atoms with van der Waals surface area (Å²) >= 11 is 1.40. The third-order valence-corrected chi connectivity index (χ3v) is 6.29. The van der Waals surface area contributed by atoms with Crippen LogP contribution in [-0.2, 0) is 11.8 Å². The molecule has 1 saturated carbocycles. The van der Waals surface area contributed by atoms with Gasteiger partial charge in [-0.1, -0.05) is 49.7 Å². The maximum absolute atomic E-state index is 12.3. The lowest BCUT2D eigenvalue weighted by Gasteiger charge is -2.29. The minimum atomic E-state index is 0.0621. The van der Waals surface area contributed by atoms with Gasteiger partial charge in [-0.25, -0.2) is 0 Å². The van der Waals surface area contributed by atoms with Crippen molar-refractivity contribution >= 4 is 28.6 Å². The van der Waals surface area contributed by atoms with Gasteiger partial charge in [-0.2, -0.15) is 0 Å². The molecule has 1 N–H and O–H groups in total. The Labute approximate surface area is 162 Å². The molecule has 7 heteroatoms. The second-order valence-electron chi connectivity index (χ2n) is 7.24. The summed E-state index contributed by atoms with van der Waals surface area (Å²) in [7, 11) is 1.89. The largest absolute Gasteiger partial charge is 0.453 e. The van der Waals surface area contributed by atoms with Crippen LogP contribution in [0.3, 0.4) is 0 Å². The van der Waals surface area contributed by atoms with Crippen molar-refractivity contribution in [3.63, 3.8) is 0 Å². The molecule has 1 fully saturated rings. The van der Waals surface area contributed by atoms with Gasteiger partial charge in [0.05, 0.1) is 5.75 Å². The fourth-order valence-electron chi connectivity index (χ4n) is 3.66. The molecule has 6 nitrogen and oxygen atoms in total. The summed E-state index contributed by atoms with van der Waals surface area (Å²) in [6.45, 7) is 2.22. The van der Waals surface area contributed by atoms with Gasteiger partial charge in [-0.15, -0.1) is 10.2 Å². The van der Waals surface area contributed by atoms with E-state index in [4.69, 9.17) is 4.42 Å². The highest BCUT2D eigenvalue weighted by molar-refractivity contribution is 7.99. The highest BCUT2D eigenvalue weighted by atomic mass is 32.2. The van der Waals surface area contributed by atoms with E-state index in [0.717, 1.165) is 17.4 Å². The second-order valence-corrected chi connectivity index (χ2v) is 8.18. The van der Waals surface area contributed by atoms with Gasteiger partial charge in [0.2, 0.25) is 5.91 Å². The van der Waals surface area contributed by atoms with Crippen molar-refractivity contribution in [2.75, 3.05) is 5.75 Å². The maximum atomic E-state index is 12.3. The molecule has 2 atom stereocenters. The molecule has 1 aliphatic rings. The number of rotatable bonds is 5. The van der Waals surface area contributed by atoms with E-state index in [1.165, 1.54) is 31.0 Å². The molecular weight excluding hydrogens is 360 g/mol. The molecule has 0 saturated heterocycles. The smallest absolute Gasteiger partial charge is 0.230 e. The SMILES string of the molecule is C[C@@H]1CCCC[C@H]1NC(=O)CSc1nnc(-c2cc3ccccc3o2)n1C. The molecule has 142 valence electrons. The highest BCUT2D eigenvalue weighted by Crippen LogP contribution is 2.28. The molecule has 0 aliphatic heterocycles. The van der Waals surface area contributed by atoms with E-state index in [9.17, 15) is 4.79 Å². The minimum Gasteiger partial charge on any atom is -0.453 e. The summed E-state index contributed by atoms with van der Waals surface area (Å²) in [5.41, 5.74) is 0.825. The van der Waals surface area contributed by atoms with Gasteiger partial charge in [-0.3, -0.25) is 4.79 Å². The average molecular weight is 385 g/mol. The molecule has 0 radical (unpaired) electrons. The van der Waals surface area contributed by atoms with Crippen LogP contribution in [-0.4, -0.2) is 32.5 Å². The maximum Gasteiger partial charge on any atom is 0.230 e. The van der Waals surface area contributed by atoms with Gasteiger partial charge in [-0.05, 0) is 30.9 Å². The molecular formula is C20H24N4O2S. The molecule has 4 rings (SSSR count). The minimum absolute atomic E-state index is 0.0621. The number of amides is 1. The lowest BCUT2D eigenvalue weighted by Crippen LogP contribution is -2.41. The summed E-state index contributed by atoms with van der Waals surface area (Å²) in [6, 6.07) is 10.1. The van der Waals surface area contributed by atoms with Gasteiger partial charge >= 0.3 is 0 Å². The molecule has 0 bridgehead atoms. The van der Waals surface area contributed by atoms with Crippen LogP contribution in [0.1, 0.15) is 32.6 Å². The number of carbonyl (C=O) groups is 1. The zero-order chi connectivity index (χ0) is 18.8. The zero-order valence-electron chi connectivity index (χ0n) is 15.6. The number of nitrogens with zero attached hydrogens (tertiary/aromatic N) is 3. The van der Waals surface area contributed by atoms with Crippen LogP contribution in [0, 0.1) is 5.92 Å². The van der Waals surface area contributed by atoms with E-state index >= 15 is 0 Å². The topological polar surface area (TPSA) is 73.0 Å². The average Bonchev–Trinajstić information content (AvgIpc) is 3.25. The van der Waals surface area contributed by atoms with Crippen molar-refractivity contribution in [1.82, 2.24) is 20.1 Å². The third kappa shape index (κ3) is 3.88.